The summed E-state index contributed by atoms with van der Waals surface area (Å²) in [7, 11) is 1.51. The second-order valence-electron chi connectivity index (χ2n) is 4.85. The number of carbonyl (C=O) groups excluding carboxylic acids is 1. The first-order chi connectivity index (χ1) is 11.1. The summed E-state index contributed by atoms with van der Waals surface area (Å²) < 4.78 is 37.3. The number of rotatable bonds is 4. The number of methoxy groups -OCH3 is 1. The van der Waals surface area contributed by atoms with Crippen LogP contribution in [0.4, 0.5) is 8.78 Å². The first-order valence-corrected chi connectivity index (χ1v) is 6.82. The molecule has 0 saturated carbocycles. The van der Waals surface area contributed by atoms with Gasteiger partial charge in [0, 0.05) is 10.9 Å². The molecular weight excluding hydrogens is 302 g/mol. The summed E-state index contributed by atoms with van der Waals surface area (Å²) in [5.74, 6) is -1.03. The molecule has 0 aliphatic carbocycles. The predicted molar refractivity (Wildman–Crippen MR) is 82.5 cm³/mol. The Morgan fingerprint density at radius 3 is 2.78 bits per heavy atom. The third kappa shape index (κ3) is 2.99. The zero-order valence-corrected chi connectivity index (χ0v) is 12.2. The molecule has 1 aromatic heterocycles. The molecule has 5 heteroatoms. The van der Waals surface area contributed by atoms with Gasteiger partial charge in [-0.3, -0.25) is 4.79 Å². The van der Waals surface area contributed by atoms with E-state index in [4.69, 9.17) is 9.15 Å². The molecule has 3 rings (SSSR count). The van der Waals surface area contributed by atoms with Crippen LogP contribution in [0.3, 0.4) is 0 Å². The summed E-state index contributed by atoms with van der Waals surface area (Å²) in [4.78, 5) is 12.1. The Morgan fingerprint density at radius 2 is 2.00 bits per heavy atom. The van der Waals surface area contributed by atoms with Gasteiger partial charge < -0.3 is 9.15 Å². The van der Waals surface area contributed by atoms with Crippen molar-refractivity contribution in [1.29, 1.82) is 0 Å². The molecule has 0 radical (unpaired) electrons. The van der Waals surface area contributed by atoms with E-state index < -0.39 is 17.4 Å². The quantitative estimate of drug-likeness (QED) is 0.521. The van der Waals surface area contributed by atoms with Crippen LogP contribution in [-0.4, -0.2) is 12.9 Å². The Hall–Kier alpha value is -2.95. The lowest BCUT2D eigenvalue weighted by atomic mass is 10.1. The summed E-state index contributed by atoms with van der Waals surface area (Å²) in [6, 6.07) is 9.90. The van der Waals surface area contributed by atoms with E-state index in [1.165, 1.54) is 13.2 Å². The van der Waals surface area contributed by atoms with Gasteiger partial charge in [0.1, 0.15) is 11.6 Å². The highest BCUT2D eigenvalue weighted by Crippen LogP contribution is 2.28. The van der Waals surface area contributed by atoms with Crippen LogP contribution in [0.15, 0.2) is 53.0 Å². The normalized spacial score (nSPS) is 11.3. The maximum atomic E-state index is 13.5. The lowest BCUT2D eigenvalue weighted by Gasteiger charge is -1.98. The fraction of sp³-hybridized carbons (Fsp3) is 0.0556. The Bertz CT molecular complexity index is 910. The van der Waals surface area contributed by atoms with Crippen LogP contribution < -0.4 is 4.74 Å². The van der Waals surface area contributed by atoms with Crippen LogP contribution in [0.5, 0.6) is 5.75 Å². The van der Waals surface area contributed by atoms with Crippen molar-refractivity contribution in [3.63, 3.8) is 0 Å². The highest BCUT2D eigenvalue weighted by Gasteiger charge is 2.13. The lowest BCUT2D eigenvalue weighted by Crippen LogP contribution is -1.91. The van der Waals surface area contributed by atoms with E-state index >= 15 is 0 Å². The minimum absolute atomic E-state index is 0.00737. The molecule has 1 heterocycles. The maximum Gasteiger partial charge on any atom is 0.221 e. The Labute approximate surface area is 130 Å². The van der Waals surface area contributed by atoms with Crippen molar-refractivity contribution < 1.29 is 22.7 Å². The minimum Gasteiger partial charge on any atom is -0.493 e. The minimum atomic E-state index is -0.610. The largest absolute Gasteiger partial charge is 0.493 e. The molecule has 0 bridgehead atoms. The summed E-state index contributed by atoms with van der Waals surface area (Å²) >= 11 is 0. The number of para-hydroxylation sites is 1. The van der Waals surface area contributed by atoms with Gasteiger partial charge in [-0.05, 0) is 42.5 Å². The van der Waals surface area contributed by atoms with E-state index in [1.54, 1.807) is 24.3 Å². The highest BCUT2D eigenvalue weighted by molar-refractivity contribution is 6.07. The standard InChI is InChI=1S/C18H12F2O3/c1-22-16-4-2-3-12-10-17(23-18(12)16)15(21)8-5-11-9-13(19)6-7-14(11)20/h2-10H,1H3/b8-5+. The average Bonchev–Trinajstić information content (AvgIpc) is 2.99. The highest BCUT2D eigenvalue weighted by atomic mass is 19.1. The van der Waals surface area contributed by atoms with E-state index in [0.29, 0.717) is 11.3 Å². The first-order valence-electron chi connectivity index (χ1n) is 6.82. The van der Waals surface area contributed by atoms with Gasteiger partial charge >= 0.3 is 0 Å². The SMILES string of the molecule is COc1cccc2cc(C(=O)/C=C/c3cc(F)ccc3F)oc12. The Kier molecular flexibility index (Phi) is 3.93. The van der Waals surface area contributed by atoms with E-state index in [1.807, 2.05) is 0 Å². The van der Waals surface area contributed by atoms with E-state index in [9.17, 15) is 13.6 Å². The molecular formula is C18H12F2O3. The van der Waals surface area contributed by atoms with E-state index in [2.05, 4.69) is 0 Å². The predicted octanol–water partition coefficient (Wildman–Crippen LogP) is 4.62. The lowest BCUT2D eigenvalue weighted by molar-refractivity contribution is 0.102. The molecule has 2 aromatic carbocycles. The molecule has 3 nitrogen and oxygen atoms in total. The van der Waals surface area contributed by atoms with Gasteiger partial charge in [0.25, 0.3) is 0 Å². The van der Waals surface area contributed by atoms with E-state index in [0.717, 1.165) is 29.7 Å². The number of benzene rings is 2. The van der Waals surface area contributed by atoms with Crippen LogP contribution in [0.2, 0.25) is 0 Å². The number of hydrogen-bond donors (Lipinski definition) is 0. The monoisotopic (exact) mass is 314 g/mol. The van der Waals surface area contributed by atoms with Crippen LogP contribution >= 0.6 is 0 Å². The summed E-state index contributed by atoms with van der Waals surface area (Å²) in [5, 5.41) is 0.720. The molecule has 0 atom stereocenters. The fourth-order valence-corrected chi connectivity index (χ4v) is 2.21. The molecule has 0 spiro atoms. The van der Waals surface area contributed by atoms with Crippen LogP contribution in [0.25, 0.3) is 17.0 Å². The van der Waals surface area contributed by atoms with Crippen molar-refractivity contribution in [1.82, 2.24) is 0 Å². The van der Waals surface area contributed by atoms with Gasteiger partial charge in [0.05, 0.1) is 7.11 Å². The van der Waals surface area contributed by atoms with Gasteiger partial charge in [0.2, 0.25) is 5.78 Å². The van der Waals surface area contributed by atoms with Gasteiger partial charge in [-0.25, -0.2) is 8.78 Å². The number of fused-ring (bicyclic) bond motifs is 1. The number of halogens is 2. The maximum absolute atomic E-state index is 13.5. The van der Waals surface area contributed by atoms with E-state index in [-0.39, 0.29) is 11.3 Å². The molecule has 0 fully saturated rings. The summed E-state index contributed by atoms with van der Waals surface area (Å²) in [5.41, 5.74) is 0.454. The van der Waals surface area contributed by atoms with Gasteiger partial charge in [-0.1, -0.05) is 12.1 Å². The molecule has 3 aromatic rings. The Morgan fingerprint density at radius 1 is 1.17 bits per heavy atom. The summed E-state index contributed by atoms with van der Waals surface area (Å²) in [6.07, 6.45) is 2.35. The van der Waals surface area contributed by atoms with Gasteiger partial charge in [-0.15, -0.1) is 0 Å². The topological polar surface area (TPSA) is 39.4 Å². The number of ketones is 1. The summed E-state index contributed by atoms with van der Waals surface area (Å²) in [6.45, 7) is 0. The zero-order valence-electron chi connectivity index (χ0n) is 12.2. The molecule has 23 heavy (non-hydrogen) atoms. The molecule has 0 aliphatic rings. The molecule has 0 saturated heterocycles. The molecule has 116 valence electrons. The van der Waals surface area contributed by atoms with Crippen molar-refractivity contribution in [3.8, 4) is 5.75 Å². The number of carbonyl (C=O) groups is 1. The average molecular weight is 314 g/mol. The van der Waals surface area contributed by atoms with Gasteiger partial charge in [-0.2, -0.15) is 0 Å². The fourth-order valence-electron chi connectivity index (χ4n) is 2.21. The van der Waals surface area contributed by atoms with Crippen LogP contribution in [-0.2, 0) is 0 Å². The van der Waals surface area contributed by atoms with Gasteiger partial charge in [0.15, 0.2) is 17.1 Å². The number of ether oxygens (including phenoxy) is 1. The zero-order chi connectivity index (χ0) is 16.4. The molecule has 0 aliphatic heterocycles. The molecule has 0 amide bonds. The van der Waals surface area contributed by atoms with Crippen molar-refractivity contribution in [2.24, 2.45) is 0 Å². The molecule has 0 unspecified atom stereocenters. The smallest absolute Gasteiger partial charge is 0.221 e. The van der Waals surface area contributed by atoms with Crippen LogP contribution in [0.1, 0.15) is 16.1 Å². The van der Waals surface area contributed by atoms with Crippen molar-refractivity contribution >= 4 is 22.8 Å². The Balaban J connectivity index is 1.91. The van der Waals surface area contributed by atoms with Crippen molar-refractivity contribution in [2.45, 2.75) is 0 Å². The molecule has 0 N–H and O–H groups in total. The number of furan rings is 1. The first kappa shape index (κ1) is 15.0. The van der Waals surface area contributed by atoms with Crippen molar-refractivity contribution in [2.75, 3.05) is 7.11 Å². The third-order valence-corrected chi connectivity index (χ3v) is 3.34. The second-order valence-corrected chi connectivity index (χ2v) is 4.85. The van der Waals surface area contributed by atoms with Crippen LogP contribution in [0, 0.1) is 11.6 Å². The number of allylic oxidation sites excluding steroid dienone is 1. The third-order valence-electron chi connectivity index (χ3n) is 3.34. The van der Waals surface area contributed by atoms with Crippen molar-refractivity contribution in [3.05, 3.63) is 71.5 Å². The number of hydrogen-bond acceptors (Lipinski definition) is 3. The second kappa shape index (κ2) is 6.04.